The summed E-state index contributed by atoms with van der Waals surface area (Å²) >= 11 is 5.70. The zero-order valence-electron chi connectivity index (χ0n) is 7.23. The lowest BCUT2D eigenvalue weighted by molar-refractivity contribution is 0.0214. The molecule has 0 saturated heterocycles. The number of rotatable bonds is 3. The van der Waals surface area contributed by atoms with E-state index in [1.807, 2.05) is 0 Å². The molecule has 0 heterocycles. The van der Waals surface area contributed by atoms with Crippen molar-refractivity contribution in [2.24, 2.45) is 0 Å². The van der Waals surface area contributed by atoms with Crippen LogP contribution < -0.4 is 0 Å². The largest absolute Gasteiger partial charge is 0.207 e. The molecular formula is C9H10ClF2N. The molecule has 0 bridgehead atoms. The highest BCUT2D eigenvalue weighted by Crippen LogP contribution is 2.20. The summed E-state index contributed by atoms with van der Waals surface area (Å²) in [6.45, 7) is 1.75. The molecule has 72 valence electrons. The standard InChI is InChI=1S/C9H10ClF2N/c1-2-13(12)6-7-8(10)4-3-5-9(7)11/h3-5H,2,6H2,1H3. The highest BCUT2D eigenvalue weighted by Gasteiger charge is 2.10. The van der Waals surface area contributed by atoms with Crippen LogP contribution in [0.2, 0.25) is 5.02 Å². The van der Waals surface area contributed by atoms with Gasteiger partial charge in [0.05, 0.1) is 6.54 Å². The molecule has 0 fully saturated rings. The molecule has 4 heteroatoms. The predicted molar refractivity (Wildman–Crippen MR) is 48.6 cm³/mol. The molecule has 0 unspecified atom stereocenters. The molecule has 0 spiro atoms. The predicted octanol–water partition coefficient (Wildman–Crippen LogP) is 3.19. The number of benzene rings is 1. The molecule has 1 nitrogen and oxygen atoms in total. The Kier molecular flexibility index (Phi) is 3.63. The fourth-order valence-electron chi connectivity index (χ4n) is 0.967. The number of halogens is 3. The molecule has 1 rings (SSSR count). The molecule has 0 aliphatic rings. The summed E-state index contributed by atoms with van der Waals surface area (Å²) in [5, 5.41) is 0.765. The Morgan fingerprint density at radius 3 is 2.69 bits per heavy atom. The van der Waals surface area contributed by atoms with E-state index >= 15 is 0 Å². The van der Waals surface area contributed by atoms with Gasteiger partial charge in [-0.25, -0.2) is 4.39 Å². The molecule has 0 amide bonds. The summed E-state index contributed by atoms with van der Waals surface area (Å²) in [4.78, 5) is 0. The second kappa shape index (κ2) is 4.53. The van der Waals surface area contributed by atoms with Gasteiger partial charge in [0.25, 0.3) is 0 Å². The lowest BCUT2D eigenvalue weighted by Gasteiger charge is -2.10. The number of nitrogens with zero attached hydrogens (tertiary/aromatic N) is 1. The van der Waals surface area contributed by atoms with Crippen LogP contribution in [0, 0.1) is 5.82 Å². The molecule has 0 aromatic heterocycles. The van der Waals surface area contributed by atoms with Gasteiger partial charge in [0.1, 0.15) is 5.82 Å². The fourth-order valence-corrected chi connectivity index (χ4v) is 1.19. The van der Waals surface area contributed by atoms with Gasteiger partial charge in [0, 0.05) is 17.1 Å². The monoisotopic (exact) mass is 205 g/mol. The fraction of sp³-hybridized carbons (Fsp3) is 0.333. The van der Waals surface area contributed by atoms with Gasteiger partial charge in [-0.05, 0) is 19.1 Å². The van der Waals surface area contributed by atoms with Crippen LogP contribution in [0.5, 0.6) is 0 Å². The summed E-state index contributed by atoms with van der Waals surface area (Å²) in [6, 6.07) is 4.31. The summed E-state index contributed by atoms with van der Waals surface area (Å²) in [6.07, 6.45) is 0. The van der Waals surface area contributed by atoms with Crippen LogP contribution in [-0.4, -0.2) is 11.7 Å². The molecule has 0 N–H and O–H groups in total. The quantitative estimate of drug-likeness (QED) is 0.685. The van der Waals surface area contributed by atoms with Crippen LogP contribution in [0.4, 0.5) is 8.87 Å². The topological polar surface area (TPSA) is 3.24 Å². The summed E-state index contributed by atoms with van der Waals surface area (Å²) in [5.74, 6) is -0.469. The first-order valence-corrected chi connectivity index (χ1v) is 4.36. The third kappa shape index (κ3) is 2.64. The van der Waals surface area contributed by atoms with E-state index < -0.39 is 5.82 Å². The van der Waals surface area contributed by atoms with Crippen molar-refractivity contribution in [3.05, 3.63) is 34.6 Å². The van der Waals surface area contributed by atoms with Crippen molar-refractivity contribution < 1.29 is 8.87 Å². The lowest BCUT2D eigenvalue weighted by Crippen LogP contribution is -2.13. The summed E-state index contributed by atoms with van der Waals surface area (Å²) < 4.78 is 25.9. The highest BCUT2D eigenvalue weighted by atomic mass is 35.5. The Labute approximate surface area is 80.9 Å². The normalized spacial score (nSPS) is 10.8. The maximum absolute atomic E-state index is 13.1. The zero-order valence-corrected chi connectivity index (χ0v) is 7.98. The molecule has 0 aliphatic carbocycles. The second-order valence-electron chi connectivity index (χ2n) is 2.64. The Balaban J connectivity index is 2.87. The van der Waals surface area contributed by atoms with Gasteiger partial charge in [0.15, 0.2) is 0 Å². The summed E-state index contributed by atoms with van der Waals surface area (Å²) in [5.41, 5.74) is 0.202. The minimum Gasteiger partial charge on any atom is -0.207 e. The Morgan fingerprint density at radius 2 is 2.15 bits per heavy atom. The van der Waals surface area contributed by atoms with Crippen molar-refractivity contribution in [3.63, 3.8) is 0 Å². The molecule has 0 aliphatic heterocycles. The van der Waals surface area contributed by atoms with Gasteiger partial charge in [-0.3, -0.25) is 0 Å². The lowest BCUT2D eigenvalue weighted by atomic mass is 10.2. The van der Waals surface area contributed by atoms with E-state index in [0.717, 1.165) is 0 Å². The summed E-state index contributed by atoms with van der Waals surface area (Å²) in [7, 11) is 0. The zero-order chi connectivity index (χ0) is 9.84. The van der Waals surface area contributed by atoms with Gasteiger partial charge in [-0.2, -0.15) is 0 Å². The van der Waals surface area contributed by atoms with Crippen LogP contribution >= 0.6 is 11.6 Å². The van der Waals surface area contributed by atoms with Gasteiger partial charge in [0.2, 0.25) is 0 Å². The van der Waals surface area contributed by atoms with Crippen LogP contribution in [0.3, 0.4) is 0 Å². The van der Waals surface area contributed by atoms with E-state index in [4.69, 9.17) is 11.6 Å². The van der Waals surface area contributed by atoms with E-state index in [1.54, 1.807) is 13.0 Å². The van der Waals surface area contributed by atoms with Crippen LogP contribution in [0.1, 0.15) is 12.5 Å². The van der Waals surface area contributed by atoms with Crippen LogP contribution in [0.15, 0.2) is 18.2 Å². The van der Waals surface area contributed by atoms with Crippen molar-refractivity contribution in [2.75, 3.05) is 6.54 Å². The number of hydrogen-bond acceptors (Lipinski definition) is 1. The Hall–Kier alpha value is -0.670. The van der Waals surface area contributed by atoms with E-state index in [0.29, 0.717) is 5.12 Å². The van der Waals surface area contributed by atoms with Crippen molar-refractivity contribution in [1.82, 2.24) is 5.12 Å². The van der Waals surface area contributed by atoms with Gasteiger partial charge < -0.3 is 0 Å². The smallest absolute Gasteiger partial charge is 0.129 e. The minimum absolute atomic E-state index is 0.109. The first-order valence-electron chi connectivity index (χ1n) is 3.98. The Morgan fingerprint density at radius 1 is 1.46 bits per heavy atom. The average molecular weight is 206 g/mol. The molecular weight excluding hydrogens is 196 g/mol. The van der Waals surface area contributed by atoms with Crippen molar-refractivity contribution in [3.8, 4) is 0 Å². The minimum atomic E-state index is -0.469. The molecule has 0 saturated carbocycles. The number of hydrogen-bond donors (Lipinski definition) is 0. The van der Waals surface area contributed by atoms with E-state index in [2.05, 4.69) is 0 Å². The average Bonchev–Trinajstić information content (AvgIpc) is 2.11. The van der Waals surface area contributed by atoms with Crippen LogP contribution in [-0.2, 0) is 6.54 Å². The molecule has 1 aromatic rings. The van der Waals surface area contributed by atoms with E-state index in [-0.39, 0.29) is 23.7 Å². The van der Waals surface area contributed by atoms with E-state index in [1.165, 1.54) is 12.1 Å². The van der Waals surface area contributed by atoms with Crippen molar-refractivity contribution >= 4 is 11.6 Å². The highest BCUT2D eigenvalue weighted by molar-refractivity contribution is 6.31. The van der Waals surface area contributed by atoms with Gasteiger partial charge >= 0.3 is 0 Å². The van der Waals surface area contributed by atoms with Crippen molar-refractivity contribution in [2.45, 2.75) is 13.5 Å². The molecule has 13 heavy (non-hydrogen) atoms. The van der Waals surface area contributed by atoms with Crippen molar-refractivity contribution in [1.29, 1.82) is 0 Å². The van der Waals surface area contributed by atoms with Crippen LogP contribution in [0.25, 0.3) is 0 Å². The Bertz CT molecular complexity index is 271. The molecule has 1 aromatic carbocycles. The first-order chi connectivity index (χ1) is 6.15. The van der Waals surface area contributed by atoms with Gasteiger partial charge in [-0.15, -0.1) is 9.60 Å². The maximum atomic E-state index is 13.1. The maximum Gasteiger partial charge on any atom is 0.129 e. The second-order valence-corrected chi connectivity index (χ2v) is 3.04. The molecule has 0 radical (unpaired) electrons. The first kappa shape index (κ1) is 10.4. The third-order valence-corrected chi connectivity index (χ3v) is 2.09. The van der Waals surface area contributed by atoms with Gasteiger partial charge in [-0.1, -0.05) is 17.7 Å². The van der Waals surface area contributed by atoms with E-state index in [9.17, 15) is 8.87 Å². The molecule has 0 atom stereocenters. The SMILES string of the molecule is CCN(F)Cc1c(F)cccc1Cl. The third-order valence-electron chi connectivity index (χ3n) is 1.73.